The molecule has 4 nitrogen and oxygen atoms in total. The minimum atomic E-state index is -0.0129. The van der Waals surface area contributed by atoms with E-state index in [1.165, 1.54) is 27.2 Å². The zero-order valence-corrected chi connectivity index (χ0v) is 12.8. The van der Waals surface area contributed by atoms with E-state index in [2.05, 4.69) is 53.6 Å². The molecule has 4 rings (SSSR count). The van der Waals surface area contributed by atoms with Crippen LogP contribution in [0.15, 0.2) is 36.4 Å². The van der Waals surface area contributed by atoms with Gasteiger partial charge in [0.05, 0.1) is 12.1 Å². The third kappa shape index (κ3) is 1.80. The number of carbonyl (C=O) groups is 1. The Kier molecular flexibility index (Phi) is 2.86. The summed E-state index contributed by atoms with van der Waals surface area (Å²) in [5.74, 6) is 0.330. The van der Waals surface area contributed by atoms with Gasteiger partial charge in [0.25, 0.3) is 0 Å². The second-order valence-corrected chi connectivity index (χ2v) is 6.06. The Morgan fingerprint density at radius 2 is 2.05 bits per heavy atom. The van der Waals surface area contributed by atoms with Crippen molar-refractivity contribution in [1.29, 1.82) is 0 Å². The molecule has 112 valence electrons. The van der Waals surface area contributed by atoms with Crippen molar-refractivity contribution in [2.75, 3.05) is 13.6 Å². The maximum absolute atomic E-state index is 12.0. The van der Waals surface area contributed by atoms with Crippen LogP contribution in [0.5, 0.6) is 0 Å². The fourth-order valence-electron chi connectivity index (χ4n) is 3.69. The van der Waals surface area contributed by atoms with E-state index >= 15 is 0 Å². The lowest BCUT2D eigenvalue weighted by atomic mass is 9.93. The number of benzene rings is 2. The van der Waals surface area contributed by atoms with Gasteiger partial charge in [0.2, 0.25) is 0 Å². The second-order valence-electron chi connectivity index (χ2n) is 6.06. The van der Waals surface area contributed by atoms with Gasteiger partial charge >= 0.3 is 6.03 Å². The van der Waals surface area contributed by atoms with E-state index in [4.69, 9.17) is 0 Å². The van der Waals surface area contributed by atoms with Crippen LogP contribution in [0, 0.1) is 0 Å². The quantitative estimate of drug-likeness (QED) is 0.654. The topological polar surface area (TPSA) is 48.1 Å². The van der Waals surface area contributed by atoms with Crippen molar-refractivity contribution in [2.45, 2.75) is 19.4 Å². The number of H-pyrrole nitrogens is 1. The largest absolute Gasteiger partial charge is 0.356 e. The lowest BCUT2D eigenvalue weighted by Gasteiger charge is -2.31. The van der Waals surface area contributed by atoms with Crippen molar-refractivity contribution in [3.63, 3.8) is 0 Å². The van der Waals surface area contributed by atoms with E-state index in [0.29, 0.717) is 12.5 Å². The number of aromatic amines is 1. The highest BCUT2D eigenvalue weighted by Gasteiger charge is 2.28. The average Bonchev–Trinajstić information content (AvgIpc) is 2.93. The lowest BCUT2D eigenvalue weighted by molar-refractivity contribution is 0.189. The van der Waals surface area contributed by atoms with Crippen molar-refractivity contribution < 1.29 is 4.79 Å². The first-order valence-corrected chi connectivity index (χ1v) is 7.68. The Labute approximate surface area is 129 Å². The first-order valence-electron chi connectivity index (χ1n) is 7.68. The first-order chi connectivity index (χ1) is 10.7. The molecule has 0 saturated carbocycles. The fourth-order valence-corrected chi connectivity index (χ4v) is 3.69. The zero-order chi connectivity index (χ0) is 15.3. The van der Waals surface area contributed by atoms with Crippen LogP contribution < -0.4 is 5.32 Å². The molecule has 1 unspecified atom stereocenters. The van der Waals surface area contributed by atoms with Crippen molar-refractivity contribution in [1.82, 2.24) is 15.2 Å². The average molecular weight is 293 g/mol. The number of rotatable bonds is 0. The van der Waals surface area contributed by atoms with Gasteiger partial charge in [0.15, 0.2) is 0 Å². The summed E-state index contributed by atoms with van der Waals surface area (Å²) in [6.45, 7) is 3.59. The van der Waals surface area contributed by atoms with Crippen LogP contribution in [-0.2, 0) is 6.54 Å². The highest BCUT2D eigenvalue weighted by Crippen LogP contribution is 2.37. The van der Waals surface area contributed by atoms with Crippen LogP contribution >= 0.6 is 0 Å². The summed E-state index contributed by atoms with van der Waals surface area (Å²) in [7, 11) is 1.68. The third-order valence-corrected chi connectivity index (χ3v) is 4.66. The monoisotopic (exact) mass is 293 g/mol. The maximum Gasteiger partial charge on any atom is 0.317 e. The lowest BCUT2D eigenvalue weighted by Crippen LogP contribution is -2.42. The number of nitrogens with zero attached hydrogens (tertiary/aromatic N) is 1. The van der Waals surface area contributed by atoms with Crippen molar-refractivity contribution in [3.05, 3.63) is 47.7 Å². The van der Waals surface area contributed by atoms with Crippen LogP contribution in [0.4, 0.5) is 4.79 Å². The number of amides is 2. The Morgan fingerprint density at radius 3 is 2.86 bits per heavy atom. The molecule has 1 aliphatic rings. The minimum Gasteiger partial charge on any atom is -0.356 e. The van der Waals surface area contributed by atoms with E-state index in [9.17, 15) is 4.79 Å². The van der Waals surface area contributed by atoms with E-state index in [1.54, 1.807) is 7.05 Å². The van der Waals surface area contributed by atoms with Gasteiger partial charge in [0, 0.05) is 36.0 Å². The Morgan fingerprint density at radius 1 is 1.23 bits per heavy atom. The number of nitrogens with one attached hydrogen (secondary N) is 2. The molecule has 2 heterocycles. The third-order valence-electron chi connectivity index (χ3n) is 4.66. The van der Waals surface area contributed by atoms with Crippen LogP contribution in [0.2, 0.25) is 0 Å². The number of hydrogen-bond acceptors (Lipinski definition) is 1. The molecule has 0 bridgehead atoms. The van der Waals surface area contributed by atoms with Gasteiger partial charge < -0.3 is 15.2 Å². The van der Waals surface area contributed by atoms with E-state index in [1.807, 2.05) is 4.90 Å². The highest BCUT2D eigenvalue weighted by atomic mass is 16.2. The molecule has 0 fully saturated rings. The molecular formula is C18H19N3O. The summed E-state index contributed by atoms with van der Waals surface area (Å²) in [6.07, 6.45) is 0. The van der Waals surface area contributed by atoms with E-state index < -0.39 is 0 Å². The van der Waals surface area contributed by atoms with E-state index in [0.717, 1.165) is 12.2 Å². The smallest absolute Gasteiger partial charge is 0.317 e. The molecule has 1 aliphatic heterocycles. The highest BCUT2D eigenvalue weighted by molar-refractivity contribution is 6.07. The van der Waals surface area contributed by atoms with Crippen LogP contribution in [0.25, 0.3) is 21.7 Å². The van der Waals surface area contributed by atoms with Gasteiger partial charge in [-0.25, -0.2) is 4.79 Å². The molecule has 2 N–H and O–H groups in total. The Balaban J connectivity index is 1.93. The summed E-state index contributed by atoms with van der Waals surface area (Å²) in [5, 5.41) is 6.50. The molecule has 2 amide bonds. The molecule has 4 heteroatoms. The second kappa shape index (κ2) is 4.77. The van der Waals surface area contributed by atoms with Gasteiger partial charge in [-0.2, -0.15) is 0 Å². The number of hydrogen-bond donors (Lipinski definition) is 2. The first kappa shape index (κ1) is 13.2. The van der Waals surface area contributed by atoms with Crippen LogP contribution in [0.3, 0.4) is 0 Å². The standard InChI is InChI=1S/C18H19N3O/c1-11-9-21(18(22)19-2)10-15-16(11)14-8-7-12-5-3-4-6-13(12)17(14)20-15/h3-8,11,20H,9-10H2,1-2H3,(H,19,22). The Hall–Kier alpha value is -2.49. The molecule has 1 atom stereocenters. The van der Waals surface area contributed by atoms with Gasteiger partial charge in [-0.05, 0) is 10.9 Å². The van der Waals surface area contributed by atoms with Gasteiger partial charge in [0.1, 0.15) is 0 Å². The summed E-state index contributed by atoms with van der Waals surface area (Å²) in [6, 6.07) is 12.8. The van der Waals surface area contributed by atoms with E-state index in [-0.39, 0.29) is 6.03 Å². The summed E-state index contributed by atoms with van der Waals surface area (Å²) in [5.41, 5.74) is 3.71. The molecule has 0 spiro atoms. The molecule has 0 saturated heterocycles. The van der Waals surface area contributed by atoms with Gasteiger partial charge in [-0.15, -0.1) is 0 Å². The van der Waals surface area contributed by atoms with Gasteiger partial charge in [-0.3, -0.25) is 0 Å². The van der Waals surface area contributed by atoms with Crippen molar-refractivity contribution >= 4 is 27.7 Å². The molecule has 0 aliphatic carbocycles. The fraction of sp³-hybridized carbons (Fsp3) is 0.278. The zero-order valence-electron chi connectivity index (χ0n) is 12.8. The molecule has 22 heavy (non-hydrogen) atoms. The maximum atomic E-state index is 12.0. The SMILES string of the molecule is CNC(=O)N1Cc2[nH]c3c(ccc4ccccc43)c2C(C)C1. The Bertz CT molecular complexity index is 881. The number of fused-ring (bicyclic) bond motifs is 5. The molecule has 3 aromatic rings. The minimum absolute atomic E-state index is 0.0129. The van der Waals surface area contributed by atoms with Crippen LogP contribution in [0.1, 0.15) is 24.1 Å². The molecule has 1 aromatic heterocycles. The molecule has 2 aromatic carbocycles. The summed E-state index contributed by atoms with van der Waals surface area (Å²) >= 11 is 0. The number of urea groups is 1. The number of carbonyl (C=O) groups excluding carboxylic acids is 1. The van der Waals surface area contributed by atoms with Crippen molar-refractivity contribution in [3.8, 4) is 0 Å². The van der Waals surface area contributed by atoms with Gasteiger partial charge in [-0.1, -0.05) is 43.3 Å². The summed E-state index contributed by atoms with van der Waals surface area (Å²) in [4.78, 5) is 17.4. The molecule has 0 radical (unpaired) electrons. The predicted molar refractivity (Wildman–Crippen MR) is 89.1 cm³/mol. The van der Waals surface area contributed by atoms with Crippen molar-refractivity contribution in [2.24, 2.45) is 0 Å². The van der Waals surface area contributed by atoms with Crippen LogP contribution in [-0.4, -0.2) is 29.5 Å². The normalized spacial score (nSPS) is 17.7. The predicted octanol–water partition coefficient (Wildman–Crippen LogP) is 3.58. The molecular weight excluding hydrogens is 274 g/mol. The number of aromatic nitrogens is 1. The summed E-state index contributed by atoms with van der Waals surface area (Å²) < 4.78 is 0.